The van der Waals surface area contributed by atoms with Gasteiger partial charge in [0.1, 0.15) is 0 Å². The van der Waals surface area contributed by atoms with E-state index in [0.717, 1.165) is 29.5 Å². The van der Waals surface area contributed by atoms with E-state index in [-0.39, 0.29) is 11.9 Å². The van der Waals surface area contributed by atoms with Crippen LogP contribution in [-0.2, 0) is 12.0 Å². The van der Waals surface area contributed by atoms with Crippen LogP contribution >= 0.6 is 0 Å². The second kappa shape index (κ2) is 10.5. The average molecular weight is 506 g/mol. The van der Waals surface area contributed by atoms with E-state index >= 15 is 0 Å². The summed E-state index contributed by atoms with van der Waals surface area (Å²) in [4.78, 5) is 15.5. The molecular weight excluding hydrogens is 474 g/mol. The van der Waals surface area contributed by atoms with Crippen LogP contribution in [0, 0.1) is 11.8 Å². The van der Waals surface area contributed by atoms with Crippen molar-refractivity contribution in [3.63, 3.8) is 0 Å². The molecule has 2 heterocycles. The lowest BCUT2D eigenvalue weighted by atomic mass is 9.94. The number of carbonyl (C=O) groups is 1. The number of hydrogen-bond acceptors (Lipinski definition) is 6. The van der Waals surface area contributed by atoms with Crippen LogP contribution in [0.15, 0.2) is 77.2 Å². The smallest absolute Gasteiger partial charge is 0.254 e. The molecule has 3 aromatic carbocycles. The molecule has 1 unspecified atom stereocenters. The van der Waals surface area contributed by atoms with Gasteiger partial charge in [-0.2, -0.15) is 0 Å². The molecule has 0 radical (unpaired) electrons. The zero-order valence-electron chi connectivity index (χ0n) is 21.6. The minimum atomic E-state index is -0.867. The van der Waals surface area contributed by atoms with Crippen molar-refractivity contribution in [1.82, 2.24) is 15.1 Å². The van der Waals surface area contributed by atoms with Crippen molar-refractivity contribution in [2.24, 2.45) is 5.73 Å². The molecule has 0 spiro atoms. The molecule has 4 aromatic rings. The highest BCUT2D eigenvalue weighted by Crippen LogP contribution is 2.33. The number of anilines is 1. The van der Waals surface area contributed by atoms with Crippen molar-refractivity contribution >= 4 is 11.6 Å². The predicted molar refractivity (Wildman–Crippen MR) is 149 cm³/mol. The number of para-hydroxylation sites is 1. The number of aromatic nitrogens is 2. The summed E-state index contributed by atoms with van der Waals surface area (Å²) in [6.07, 6.45) is 2.33. The monoisotopic (exact) mass is 505 g/mol. The highest BCUT2D eigenvalue weighted by molar-refractivity contribution is 5.98. The van der Waals surface area contributed by atoms with E-state index in [1.54, 1.807) is 13.0 Å². The lowest BCUT2D eigenvalue weighted by Gasteiger charge is -2.21. The Bertz CT molecular complexity index is 1510. The maximum absolute atomic E-state index is 13.7. The van der Waals surface area contributed by atoms with Gasteiger partial charge in [0.25, 0.3) is 5.91 Å². The van der Waals surface area contributed by atoms with Crippen molar-refractivity contribution < 1.29 is 9.21 Å². The van der Waals surface area contributed by atoms with E-state index in [1.807, 2.05) is 78.6 Å². The fourth-order valence-corrected chi connectivity index (χ4v) is 4.95. The summed E-state index contributed by atoms with van der Waals surface area (Å²) in [7, 11) is 0. The molecule has 1 amide bonds. The molecule has 5 rings (SSSR count). The van der Waals surface area contributed by atoms with Crippen LogP contribution < -0.4 is 11.5 Å². The van der Waals surface area contributed by atoms with Gasteiger partial charge in [-0.15, -0.1) is 16.1 Å². The maximum Gasteiger partial charge on any atom is 0.254 e. The normalized spacial score (nSPS) is 16.5. The Balaban J connectivity index is 1.54. The lowest BCUT2D eigenvalue weighted by Crippen LogP contribution is -2.35. The Morgan fingerprint density at radius 2 is 1.82 bits per heavy atom. The third kappa shape index (κ3) is 5.17. The van der Waals surface area contributed by atoms with Crippen molar-refractivity contribution in [3.8, 4) is 34.4 Å². The Labute approximate surface area is 222 Å². The lowest BCUT2D eigenvalue weighted by molar-refractivity contribution is 0.0766. The summed E-state index contributed by atoms with van der Waals surface area (Å²) in [6, 6.07) is 23.0. The van der Waals surface area contributed by atoms with Gasteiger partial charge in [-0.25, -0.2) is 0 Å². The summed E-state index contributed by atoms with van der Waals surface area (Å²) in [5.74, 6) is 6.66. The minimum absolute atomic E-state index is 0.0830. The maximum atomic E-state index is 13.7. The van der Waals surface area contributed by atoms with E-state index in [1.165, 1.54) is 0 Å². The van der Waals surface area contributed by atoms with Crippen LogP contribution in [0.3, 0.4) is 0 Å². The van der Waals surface area contributed by atoms with Gasteiger partial charge in [0.2, 0.25) is 11.8 Å². The summed E-state index contributed by atoms with van der Waals surface area (Å²) in [5.41, 5.74) is 16.5. The minimum Gasteiger partial charge on any atom is -0.419 e. The second-order valence-electron chi connectivity index (χ2n) is 9.93. The van der Waals surface area contributed by atoms with Crippen LogP contribution in [0.4, 0.5) is 5.69 Å². The summed E-state index contributed by atoms with van der Waals surface area (Å²) < 4.78 is 6.12. The van der Waals surface area contributed by atoms with Gasteiger partial charge in [-0.1, -0.05) is 54.5 Å². The van der Waals surface area contributed by atoms with E-state index in [0.29, 0.717) is 41.6 Å². The van der Waals surface area contributed by atoms with Crippen molar-refractivity contribution in [1.29, 1.82) is 0 Å². The van der Waals surface area contributed by atoms with Crippen LogP contribution in [0.5, 0.6) is 0 Å². The zero-order chi connectivity index (χ0) is 26.7. The molecule has 2 atom stereocenters. The Hall–Kier alpha value is -4.41. The van der Waals surface area contributed by atoms with Gasteiger partial charge < -0.3 is 20.8 Å². The molecule has 0 bridgehead atoms. The van der Waals surface area contributed by atoms with Gasteiger partial charge in [0.15, 0.2) is 0 Å². The topological polar surface area (TPSA) is 111 Å². The van der Waals surface area contributed by atoms with Gasteiger partial charge >= 0.3 is 0 Å². The first kappa shape index (κ1) is 25.2. The average Bonchev–Trinajstić information content (AvgIpc) is 3.60. The molecule has 7 nitrogen and oxygen atoms in total. The first-order valence-electron chi connectivity index (χ1n) is 12.8. The number of rotatable bonds is 6. The van der Waals surface area contributed by atoms with Crippen LogP contribution in [0.2, 0.25) is 0 Å². The first-order valence-corrected chi connectivity index (χ1v) is 12.8. The van der Waals surface area contributed by atoms with Gasteiger partial charge in [-0.05, 0) is 68.5 Å². The number of nitrogens with two attached hydrogens (primary N) is 2. The molecule has 38 heavy (non-hydrogen) atoms. The largest absolute Gasteiger partial charge is 0.419 e. The van der Waals surface area contributed by atoms with E-state index in [4.69, 9.17) is 15.9 Å². The number of nitrogen functional groups attached to an aromatic ring is 1. The van der Waals surface area contributed by atoms with Crippen molar-refractivity contribution in [3.05, 3.63) is 89.8 Å². The fourth-order valence-electron chi connectivity index (χ4n) is 4.95. The first-order chi connectivity index (χ1) is 18.4. The van der Waals surface area contributed by atoms with Crippen LogP contribution in [0.25, 0.3) is 22.6 Å². The third-order valence-corrected chi connectivity index (χ3v) is 6.85. The molecule has 1 fully saturated rings. The molecule has 4 N–H and O–H groups in total. The summed E-state index contributed by atoms with van der Waals surface area (Å²) >= 11 is 0. The molecule has 192 valence electrons. The Kier molecular flexibility index (Phi) is 6.99. The summed E-state index contributed by atoms with van der Waals surface area (Å²) in [6.45, 7) is 4.34. The molecular formula is C31H31N5O2. The highest BCUT2D eigenvalue weighted by atomic mass is 16.4. The van der Waals surface area contributed by atoms with Gasteiger partial charge in [0.05, 0.1) is 11.6 Å². The molecule has 0 aliphatic carbocycles. The quantitative estimate of drug-likeness (QED) is 0.281. The van der Waals surface area contributed by atoms with Crippen LogP contribution in [-0.4, -0.2) is 33.6 Å². The van der Waals surface area contributed by atoms with E-state index in [2.05, 4.69) is 22.0 Å². The molecule has 1 aliphatic heterocycles. The number of likely N-dealkylation sites (tertiary alicyclic amines) is 1. The molecule has 7 heteroatoms. The second-order valence-corrected chi connectivity index (χ2v) is 9.93. The fraction of sp³-hybridized carbons (Fsp3) is 0.258. The molecule has 1 aliphatic rings. The molecule has 1 saturated heterocycles. The number of carbonyl (C=O) groups excluding carboxylic acids is 1. The van der Waals surface area contributed by atoms with Crippen LogP contribution in [0.1, 0.15) is 48.5 Å². The number of nitrogens with zero attached hydrogens (tertiary/aromatic N) is 3. The van der Waals surface area contributed by atoms with Crippen molar-refractivity contribution in [2.45, 2.75) is 44.7 Å². The van der Waals surface area contributed by atoms with E-state index in [9.17, 15) is 4.79 Å². The summed E-state index contributed by atoms with van der Waals surface area (Å²) in [5, 5.41) is 8.61. The standard InChI is InChI=1S/C31H31N5O2/c1-3-10-25-13-9-16-36(25)29(37)24-18-22(26-14-7-8-15-27(26)32)17-23(19-24)28-34-35-30(38-28)31(2,33)20-21-11-5-4-6-12-21/h4-8,11-12,14-15,17-19,25H,9,13,16,20,32-33H2,1-2H3/t25?,31-/m1/s1. The van der Waals surface area contributed by atoms with Gasteiger partial charge in [0, 0.05) is 28.9 Å². The number of amides is 1. The molecule has 1 aromatic heterocycles. The SMILES string of the molecule is CC#CC1CCCN1C(=O)c1cc(-c2nnc([C@](C)(N)Cc3ccccc3)o2)cc(-c2ccccc2N)c1. The molecule has 0 saturated carbocycles. The highest BCUT2D eigenvalue weighted by Gasteiger charge is 2.31. The number of hydrogen-bond donors (Lipinski definition) is 2. The van der Waals surface area contributed by atoms with E-state index < -0.39 is 5.54 Å². The predicted octanol–water partition coefficient (Wildman–Crippen LogP) is 5.03. The van der Waals surface area contributed by atoms with Gasteiger partial charge in [-0.3, -0.25) is 4.79 Å². The Morgan fingerprint density at radius 1 is 1.08 bits per heavy atom. The zero-order valence-corrected chi connectivity index (χ0v) is 21.6. The van der Waals surface area contributed by atoms with Crippen molar-refractivity contribution in [2.75, 3.05) is 12.3 Å². The Morgan fingerprint density at radius 3 is 2.58 bits per heavy atom. The third-order valence-electron chi connectivity index (χ3n) is 6.85. The number of benzene rings is 3.